The molecule has 0 saturated carbocycles. The average Bonchev–Trinajstić information content (AvgIpc) is 2.95. The van der Waals surface area contributed by atoms with Crippen molar-refractivity contribution in [3.63, 3.8) is 0 Å². The Morgan fingerprint density at radius 2 is 2.14 bits per heavy atom. The highest BCUT2D eigenvalue weighted by Gasteiger charge is 2.27. The van der Waals surface area contributed by atoms with Crippen LogP contribution in [0.1, 0.15) is 13.3 Å². The van der Waals surface area contributed by atoms with Crippen LogP contribution in [0, 0.1) is 10.1 Å². The second-order valence-electron chi connectivity index (χ2n) is 5.30. The maximum atomic E-state index is 10.7. The van der Waals surface area contributed by atoms with Crippen LogP contribution in [0.5, 0.6) is 0 Å². The van der Waals surface area contributed by atoms with Crippen LogP contribution < -0.4 is 4.90 Å². The van der Waals surface area contributed by atoms with Crippen LogP contribution in [-0.4, -0.2) is 55.8 Å². The number of hydrogen-bond donors (Lipinski definition) is 0. The number of non-ortho nitro benzene ring substituents is 1. The van der Waals surface area contributed by atoms with Gasteiger partial charge in [0.05, 0.1) is 11.5 Å². The highest BCUT2D eigenvalue weighted by Crippen LogP contribution is 2.25. The summed E-state index contributed by atoms with van der Waals surface area (Å²) in [5, 5.41) is 10.7. The summed E-state index contributed by atoms with van der Waals surface area (Å²) < 4.78 is 5.13. The largest absolute Gasteiger partial charge is 0.383 e. The van der Waals surface area contributed by atoms with E-state index in [1.165, 1.54) is 0 Å². The number of rotatable bonds is 7. The van der Waals surface area contributed by atoms with E-state index in [0.717, 1.165) is 44.9 Å². The molecule has 1 saturated heterocycles. The Morgan fingerprint density at radius 1 is 1.43 bits per heavy atom. The number of nitro benzene ring substituents is 1. The van der Waals surface area contributed by atoms with E-state index in [4.69, 9.17) is 4.74 Å². The van der Waals surface area contributed by atoms with E-state index < -0.39 is 0 Å². The van der Waals surface area contributed by atoms with Gasteiger partial charge in [0.1, 0.15) is 0 Å². The number of benzene rings is 1. The fraction of sp³-hybridized carbons (Fsp3) is 0.600. The topological polar surface area (TPSA) is 58.8 Å². The maximum Gasteiger partial charge on any atom is 0.269 e. The number of hydrogen-bond acceptors (Lipinski definition) is 5. The number of methoxy groups -OCH3 is 1. The summed E-state index contributed by atoms with van der Waals surface area (Å²) in [5.41, 5.74) is 1.20. The second-order valence-corrected chi connectivity index (χ2v) is 5.30. The average molecular weight is 293 g/mol. The summed E-state index contributed by atoms with van der Waals surface area (Å²) >= 11 is 0. The molecular weight excluding hydrogens is 270 g/mol. The van der Waals surface area contributed by atoms with Crippen LogP contribution in [0.3, 0.4) is 0 Å². The van der Waals surface area contributed by atoms with Gasteiger partial charge < -0.3 is 9.64 Å². The molecule has 0 amide bonds. The van der Waals surface area contributed by atoms with Crippen molar-refractivity contribution in [2.24, 2.45) is 0 Å². The van der Waals surface area contributed by atoms with E-state index in [-0.39, 0.29) is 10.6 Å². The highest BCUT2D eigenvalue weighted by molar-refractivity contribution is 5.51. The lowest BCUT2D eigenvalue weighted by molar-refractivity contribution is -0.384. The summed E-state index contributed by atoms with van der Waals surface area (Å²) in [6.07, 6.45) is 1.12. The molecule has 0 aliphatic carbocycles. The van der Waals surface area contributed by atoms with E-state index in [1.54, 1.807) is 19.2 Å². The van der Waals surface area contributed by atoms with Crippen LogP contribution in [-0.2, 0) is 4.74 Å². The molecule has 1 atom stereocenters. The second kappa shape index (κ2) is 7.38. The fourth-order valence-corrected chi connectivity index (χ4v) is 2.91. The molecule has 6 nitrogen and oxygen atoms in total. The van der Waals surface area contributed by atoms with Gasteiger partial charge in [0, 0.05) is 57.2 Å². The third-order valence-electron chi connectivity index (χ3n) is 4.03. The summed E-state index contributed by atoms with van der Waals surface area (Å²) in [6, 6.07) is 7.32. The molecule has 0 aromatic heterocycles. The molecule has 0 radical (unpaired) electrons. The van der Waals surface area contributed by atoms with Crippen molar-refractivity contribution in [3.8, 4) is 0 Å². The Hall–Kier alpha value is -1.66. The van der Waals surface area contributed by atoms with Gasteiger partial charge in [-0.3, -0.25) is 15.0 Å². The third-order valence-corrected chi connectivity index (χ3v) is 4.03. The van der Waals surface area contributed by atoms with Crippen molar-refractivity contribution in [1.29, 1.82) is 0 Å². The molecule has 1 aliphatic heterocycles. The summed E-state index contributed by atoms with van der Waals surface area (Å²) in [6.45, 7) is 6.85. The van der Waals surface area contributed by atoms with Crippen molar-refractivity contribution in [2.75, 3.05) is 44.8 Å². The van der Waals surface area contributed by atoms with E-state index in [2.05, 4.69) is 16.7 Å². The smallest absolute Gasteiger partial charge is 0.269 e. The van der Waals surface area contributed by atoms with Crippen molar-refractivity contribution in [3.05, 3.63) is 34.4 Å². The van der Waals surface area contributed by atoms with E-state index >= 15 is 0 Å². The first-order valence-corrected chi connectivity index (χ1v) is 7.38. The van der Waals surface area contributed by atoms with Gasteiger partial charge in [-0.25, -0.2) is 0 Å². The first-order chi connectivity index (χ1) is 10.2. The van der Waals surface area contributed by atoms with Gasteiger partial charge >= 0.3 is 0 Å². The fourth-order valence-electron chi connectivity index (χ4n) is 2.91. The molecule has 1 heterocycles. The van der Waals surface area contributed by atoms with Crippen LogP contribution in [0.25, 0.3) is 0 Å². The zero-order chi connectivity index (χ0) is 15.2. The van der Waals surface area contributed by atoms with Crippen LogP contribution in [0.2, 0.25) is 0 Å². The zero-order valence-electron chi connectivity index (χ0n) is 12.7. The Bertz CT molecular complexity index is 464. The summed E-state index contributed by atoms with van der Waals surface area (Å²) in [4.78, 5) is 15.1. The van der Waals surface area contributed by atoms with Gasteiger partial charge in [0.15, 0.2) is 0 Å². The number of nitrogens with zero attached hydrogens (tertiary/aromatic N) is 3. The SMILES string of the molecule is CCN(c1ccc([N+](=O)[O-])cc1)[C@H]1CCN(CCOC)C1. The molecule has 21 heavy (non-hydrogen) atoms. The molecule has 1 aromatic rings. The van der Waals surface area contributed by atoms with E-state index in [0.29, 0.717) is 6.04 Å². The molecule has 1 fully saturated rings. The Labute approximate surface area is 125 Å². The monoisotopic (exact) mass is 293 g/mol. The highest BCUT2D eigenvalue weighted by atomic mass is 16.6. The van der Waals surface area contributed by atoms with Gasteiger partial charge in [0.2, 0.25) is 0 Å². The lowest BCUT2D eigenvalue weighted by atomic mass is 10.2. The molecule has 116 valence electrons. The zero-order valence-corrected chi connectivity index (χ0v) is 12.7. The van der Waals surface area contributed by atoms with Gasteiger partial charge in [-0.2, -0.15) is 0 Å². The van der Waals surface area contributed by atoms with Crippen LogP contribution in [0.4, 0.5) is 11.4 Å². The molecule has 0 bridgehead atoms. The minimum Gasteiger partial charge on any atom is -0.383 e. The van der Waals surface area contributed by atoms with Crippen molar-refractivity contribution in [1.82, 2.24) is 4.90 Å². The van der Waals surface area contributed by atoms with Gasteiger partial charge in [-0.15, -0.1) is 0 Å². The predicted molar refractivity (Wildman–Crippen MR) is 82.8 cm³/mol. The van der Waals surface area contributed by atoms with Gasteiger partial charge in [0.25, 0.3) is 5.69 Å². The molecule has 0 spiro atoms. The molecular formula is C15H23N3O3. The van der Waals surface area contributed by atoms with Crippen molar-refractivity contribution in [2.45, 2.75) is 19.4 Å². The van der Waals surface area contributed by atoms with E-state index in [9.17, 15) is 10.1 Å². The minimum absolute atomic E-state index is 0.142. The van der Waals surface area contributed by atoms with E-state index in [1.807, 2.05) is 12.1 Å². The van der Waals surface area contributed by atoms with Gasteiger partial charge in [-0.1, -0.05) is 0 Å². The van der Waals surface area contributed by atoms with Crippen molar-refractivity contribution < 1.29 is 9.66 Å². The minimum atomic E-state index is -0.359. The quantitative estimate of drug-likeness (QED) is 0.569. The Morgan fingerprint density at radius 3 is 2.71 bits per heavy atom. The third kappa shape index (κ3) is 3.92. The predicted octanol–water partition coefficient (Wildman–Crippen LogP) is 2.14. The Balaban J connectivity index is 2.01. The first kappa shape index (κ1) is 15.7. The Kier molecular flexibility index (Phi) is 5.52. The maximum absolute atomic E-state index is 10.7. The molecule has 1 aliphatic rings. The molecule has 0 N–H and O–H groups in total. The lowest BCUT2D eigenvalue weighted by Gasteiger charge is -2.30. The molecule has 6 heteroatoms. The number of nitro groups is 1. The number of likely N-dealkylation sites (tertiary alicyclic amines) is 1. The molecule has 2 rings (SSSR count). The lowest BCUT2D eigenvalue weighted by Crippen LogP contribution is -2.38. The van der Waals surface area contributed by atoms with Crippen LogP contribution in [0.15, 0.2) is 24.3 Å². The number of likely N-dealkylation sites (N-methyl/N-ethyl adjacent to an activating group) is 1. The molecule has 1 aromatic carbocycles. The summed E-state index contributed by atoms with van der Waals surface area (Å²) in [5.74, 6) is 0. The molecule has 0 unspecified atom stereocenters. The van der Waals surface area contributed by atoms with Gasteiger partial charge in [-0.05, 0) is 25.5 Å². The normalized spacial score (nSPS) is 18.9. The standard InChI is InChI=1S/C15H23N3O3/c1-3-17(13-4-6-14(7-5-13)18(19)20)15-8-9-16(12-15)10-11-21-2/h4-7,15H,3,8-12H2,1-2H3/t15-/m0/s1. The van der Waals surface area contributed by atoms with Crippen molar-refractivity contribution >= 4 is 11.4 Å². The summed E-state index contributed by atoms with van der Waals surface area (Å²) in [7, 11) is 1.72. The number of ether oxygens (including phenoxy) is 1. The first-order valence-electron chi connectivity index (χ1n) is 7.38. The number of anilines is 1. The van der Waals surface area contributed by atoms with Crippen LogP contribution >= 0.6 is 0 Å².